The fraction of sp³-hybridized carbons (Fsp3) is 0.500. The van der Waals surface area contributed by atoms with Crippen LogP contribution in [0.1, 0.15) is 56.0 Å². The van der Waals surface area contributed by atoms with Crippen molar-refractivity contribution in [3.63, 3.8) is 0 Å². The number of carbonyl (C=O) groups excluding carboxylic acids is 2. The molecule has 0 radical (unpaired) electrons. The van der Waals surface area contributed by atoms with Crippen LogP contribution in [0.2, 0.25) is 0 Å². The van der Waals surface area contributed by atoms with Crippen molar-refractivity contribution < 1.29 is 19.8 Å². The van der Waals surface area contributed by atoms with Gasteiger partial charge in [0.15, 0.2) is 0 Å². The van der Waals surface area contributed by atoms with E-state index in [-0.39, 0.29) is 11.1 Å². The van der Waals surface area contributed by atoms with E-state index in [0.717, 1.165) is 12.8 Å². The number of hydrogen-bond donors (Lipinski definition) is 3. The molecule has 140 valence electrons. The molecule has 26 heavy (non-hydrogen) atoms. The van der Waals surface area contributed by atoms with Crippen molar-refractivity contribution in [2.75, 3.05) is 13.1 Å². The van der Waals surface area contributed by atoms with Crippen molar-refractivity contribution in [1.29, 1.82) is 0 Å². The Morgan fingerprint density at radius 2 is 1.88 bits per heavy atom. The van der Waals surface area contributed by atoms with Crippen LogP contribution in [-0.2, 0) is 10.5 Å². The molecule has 1 aromatic carbocycles. The van der Waals surface area contributed by atoms with Crippen molar-refractivity contribution in [3.05, 3.63) is 46.7 Å². The number of hydrogen-bond acceptors (Lipinski definition) is 5. The maximum absolute atomic E-state index is 13.1. The Labute approximate surface area is 153 Å². The first-order valence-electron chi connectivity index (χ1n) is 9.21. The molecular formula is C20H26N2O4. The Kier molecular flexibility index (Phi) is 4.67. The number of Topliss-reactive ketones (excluding diaryl/α,β-unsaturated/α-hetero) is 1. The van der Waals surface area contributed by atoms with Gasteiger partial charge < -0.3 is 20.4 Å². The normalized spacial score (nSPS) is 27.0. The maximum Gasteiger partial charge on any atom is 0.252 e. The molecule has 0 bridgehead atoms. The van der Waals surface area contributed by atoms with Gasteiger partial charge in [0.2, 0.25) is 17.1 Å². The Morgan fingerprint density at radius 3 is 2.54 bits per heavy atom. The highest BCUT2D eigenvalue weighted by Crippen LogP contribution is 2.56. The summed E-state index contributed by atoms with van der Waals surface area (Å²) in [4.78, 5) is 27.5. The summed E-state index contributed by atoms with van der Waals surface area (Å²) in [5.74, 6) is -1.13. The minimum absolute atomic E-state index is 0.0502. The predicted octanol–water partition coefficient (Wildman–Crippen LogP) is 1.68. The lowest BCUT2D eigenvalue weighted by Crippen LogP contribution is -2.58. The van der Waals surface area contributed by atoms with Crippen LogP contribution >= 0.6 is 0 Å². The van der Waals surface area contributed by atoms with Gasteiger partial charge in [0, 0.05) is 29.9 Å². The molecule has 2 atom stereocenters. The highest BCUT2D eigenvalue weighted by Gasteiger charge is 2.72. The minimum Gasteiger partial charge on any atom is -0.372 e. The van der Waals surface area contributed by atoms with Gasteiger partial charge in [-0.15, -0.1) is 0 Å². The zero-order chi connectivity index (χ0) is 19.1. The summed E-state index contributed by atoms with van der Waals surface area (Å²) in [7, 11) is 0. The molecule has 0 aromatic heterocycles. The summed E-state index contributed by atoms with van der Waals surface area (Å²) < 4.78 is 0. The van der Waals surface area contributed by atoms with Crippen LogP contribution in [0.5, 0.6) is 0 Å². The first kappa shape index (κ1) is 18.6. The summed E-state index contributed by atoms with van der Waals surface area (Å²) in [5, 5.41) is 25.8. The fourth-order valence-electron chi connectivity index (χ4n) is 4.15. The summed E-state index contributed by atoms with van der Waals surface area (Å²) in [5.41, 5.74) is -3.27. The van der Waals surface area contributed by atoms with Gasteiger partial charge in [-0.05, 0) is 19.8 Å². The lowest BCUT2D eigenvalue weighted by Gasteiger charge is -2.40. The number of allylic oxidation sites excluding steroid dienone is 1. The lowest BCUT2D eigenvalue weighted by molar-refractivity contribution is -0.172. The van der Waals surface area contributed by atoms with Crippen molar-refractivity contribution >= 4 is 11.7 Å². The third kappa shape index (κ3) is 2.18. The van der Waals surface area contributed by atoms with E-state index in [1.54, 1.807) is 36.1 Å². The van der Waals surface area contributed by atoms with E-state index in [1.807, 2.05) is 13.8 Å². The zero-order valence-corrected chi connectivity index (χ0v) is 15.5. The summed E-state index contributed by atoms with van der Waals surface area (Å²) in [6, 6.07) is 6.62. The molecule has 2 unspecified atom stereocenters. The highest BCUT2D eigenvalue weighted by molar-refractivity contribution is 6.17. The fourth-order valence-corrected chi connectivity index (χ4v) is 4.15. The average Bonchev–Trinajstić information content (AvgIpc) is 2.91. The van der Waals surface area contributed by atoms with Crippen LogP contribution < -0.4 is 5.32 Å². The number of benzene rings is 1. The number of aliphatic hydroxyl groups is 2. The van der Waals surface area contributed by atoms with Crippen molar-refractivity contribution in [3.8, 4) is 0 Å². The van der Waals surface area contributed by atoms with Gasteiger partial charge in [-0.1, -0.05) is 44.5 Å². The summed E-state index contributed by atoms with van der Waals surface area (Å²) >= 11 is 0. The van der Waals surface area contributed by atoms with Crippen LogP contribution in [0.15, 0.2) is 35.5 Å². The Bertz CT molecular complexity index is 788. The Hall–Kier alpha value is -2.18. The Morgan fingerprint density at radius 1 is 1.19 bits per heavy atom. The molecule has 0 saturated heterocycles. The quantitative estimate of drug-likeness (QED) is 0.673. The largest absolute Gasteiger partial charge is 0.372 e. The molecule has 3 N–H and O–H groups in total. The summed E-state index contributed by atoms with van der Waals surface area (Å²) in [6.07, 6.45) is 2.41. The predicted molar refractivity (Wildman–Crippen MR) is 97.2 cm³/mol. The van der Waals surface area contributed by atoms with Gasteiger partial charge in [-0.25, -0.2) is 0 Å². The molecule has 0 spiro atoms. The molecule has 1 aliphatic heterocycles. The second kappa shape index (κ2) is 6.52. The van der Waals surface area contributed by atoms with Crippen LogP contribution in [0.25, 0.3) is 0 Å². The van der Waals surface area contributed by atoms with Crippen LogP contribution in [-0.4, -0.2) is 45.5 Å². The van der Waals surface area contributed by atoms with Gasteiger partial charge >= 0.3 is 0 Å². The average molecular weight is 358 g/mol. The first-order valence-corrected chi connectivity index (χ1v) is 9.21. The van der Waals surface area contributed by atoms with Crippen LogP contribution in [0.4, 0.5) is 0 Å². The van der Waals surface area contributed by atoms with Crippen molar-refractivity contribution in [1.82, 2.24) is 10.2 Å². The van der Waals surface area contributed by atoms with Gasteiger partial charge in [0.05, 0.1) is 5.57 Å². The third-order valence-electron chi connectivity index (χ3n) is 5.39. The van der Waals surface area contributed by atoms with E-state index in [2.05, 4.69) is 5.32 Å². The number of ketones is 1. The van der Waals surface area contributed by atoms with E-state index < -0.39 is 23.0 Å². The molecule has 6 nitrogen and oxygen atoms in total. The highest BCUT2D eigenvalue weighted by atomic mass is 16.4. The van der Waals surface area contributed by atoms with E-state index in [1.165, 1.54) is 0 Å². The number of unbranched alkanes of at least 4 members (excludes halogenated alkanes) is 1. The monoisotopic (exact) mass is 358 g/mol. The van der Waals surface area contributed by atoms with Crippen LogP contribution in [0.3, 0.4) is 0 Å². The lowest BCUT2D eigenvalue weighted by atomic mass is 9.84. The van der Waals surface area contributed by atoms with Gasteiger partial charge in [-0.3, -0.25) is 9.59 Å². The second-order valence-electron chi connectivity index (χ2n) is 6.98. The van der Waals surface area contributed by atoms with Crippen molar-refractivity contribution in [2.24, 2.45) is 0 Å². The SMILES string of the molecule is CCCCNC(=O)C1=C(C)N(CCC)C2(O)c3ccccc3C(=O)C12O. The number of nitrogens with zero attached hydrogens (tertiary/aromatic N) is 1. The van der Waals surface area contributed by atoms with E-state index in [0.29, 0.717) is 30.8 Å². The zero-order valence-electron chi connectivity index (χ0n) is 15.5. The molecule has 1 heterocycles. The molecule has 1 amide bonds. The molecule has 1 aromatic rings. The van der Waals surface area contributed by atoms with Crippen molar-refractivity contribution in [2.45, 2.75) is 51.4 Å². The number of carbonyl (C=O) groups is 2. The van der Waals surface area contributed by atoms with Gasteiger partial charge in [0.25, 0.3) is 5.91 Å². The molecule has 0 fully saturated rings. The topological polar surface area (TPSA) is 89.9 Å². The molecule has 2 aliphatic rings. The number of fused-ring (bicyclic) bond motifs is 3. The second-order valence-corrected chi connectivity index (χ2v) is 6.98. The molecule has 3 rings (SSSR count). The first-order chi connectivity index (χ1) is 12.4. The maximum atomic E-state index is 13.1. The van der Waals surface area contributed by atoms with E-state index in [4.69, 9.17) is 0 Å². The van der Waals surface area contributed by atoms with Crippen LogP contribution in [0, 0.1) is 0 Å². The standard InChI is InChI=1S/C20H26N2O4/c1-4-6-11-21-18(24)16-13(3)22(12-5-2)20(26)15-10-8-7-9-14(15)17(23)19(16,20)25/h7-10,25-26H,4-6,11-12H2,1-3H3,(H,21,24). The molecule has 6 heteroatoms. The third-order valence-corrected chi connectivity index (χ3v) is 5.39. The Balaban J connectivity index is 2.14. The molecule has 0 saturated carbocycles. The summed E-state index contributed by atoms with van der Waals surface area (Å²) in [6.45, 7) is 6.50. The van der Waals surface area contributed by atoms with E-state index >= 15 is 0 Å². The number of amides is 1. The number of rotatable bonds is 6. The number of nitrogens with one attached hydrogen (secondary N) is 1. The minimum atomic E-state index is -2.30. The van der Waals surface area contributed by atoms with Gasteiger partial charge in [-0.2, -0.15) is 0 Å². The molecule has 1 aliphatic carbocycles. The molecular weight excluding hydrogens is 332 g/mol. The van der Waals surface area contributed by atoms with E-state index in [9.17, 15) is 19.8 Å². The smallest absolute Gasteiger partial charge is 0.252 e. The van der Waals surface area contributed by atoms with Gasteiger partial charge in [0.1, 0.15) is 0 Å².